The van der Waals surface area contributed by atoms with E-state index in [1.165, 1.54) is 0 Å². The molecule has 0 saturated carbocycles. The average molecular weight is 202 g/mol. The summed E-state index contributed by atoms with van der Waals surface area (Å²) in [6, 6.07) is 0. The van der Waals surface area contributed by atoms with Crippen LogP contribution in [0, 0.1) is 0 Å². The van der Waals surface area contributed by atoms with Crippen LogP contribution in [0.1, 0.15) is 0 Å². The first-order valence-electron chi connectivity index (χ1n) is 2.91. The molecule has 0 unspecified atom stereocenters. The lowest BCUT2D eigenvalue weighted by molar-refractivity contribution is -0.533. The van der Waals surface area contributed by atoms with Gasteiger partial charge in [0.15, 0.2) is 0 Å². The third-order valence-corrected chi connectivity index (χ3v) is 0.973. The van der Waals surface area contributed by atoms with Crippen LogP contribution in [0.3, 0.4) is 0 Å². The van der Waals surface area contributed by atoms with Gasteiger partial charge >= 0.3 is 11.9 Å². The first-order valence-corrected chi connectivity index (χ1v) is 2.91. The summed E-state index contributed by atoms with van der Waals surface area (Å²) in [5.41, 5.74) is 0. The highest BCUT2D eigenvalue weighted by Crippen LogP contribution is 2.16. The number of hydrogen-bond donors (Lipinski definition) is 8. The summed E-state index contributed by atoms with van der Waals surface area (Å²) < 4.78 is 3.37. The molecular weight excluding hydrogens is 192 g/mol. The van der Waals surface area contributed by atoms with Crippen LogP contribution < -0.4 is 0 Å². The van der Waals surface area contributed by atoms with Crippen molar-refractivity contribution < 1.29 is 45.6 Å². The normalized spacial score (nSPS) is 14.3. The van der Waals surface area contributed by atoms with Crippen LogP contribution in [0.5, 0.6) is 0 Å². The van der Waals surface area contributed by atoms with Crippen molar-refractivity contribution in [3.05, 3.63) is 0 Å². The zero-order chi connectivity index (χ0) is 10.9. The smallest absolute Gasteiger partial charge is 0.336 e. The molecular formula is C4H10O9. The van der Waals surface area contributed by atoms with Crippen molar-refractivity contribution in [2.45, 2.75) is 24.5 Å². The summed E-state index contributed by atoms with van der Waals surface area (Å²) in [4.78, 5) is 0. The van der Waals surface area contributed by atoms with Crippen molar-refractivity contribution in [2.24, 2.45) is 0 Å². The van der Waals surface area contributed by atoms with Gasteiger partial charge in [-0.25, -0.2) is 0 Å². The molecule has 0 spiro atoms. The molecule has 0 saturated heterocycles. The van der Waals surface area contributed by atoms with Crippen molar-refractivity contribution in [1.82, 2.24) is 0 Å². The second kappa shape index (κ2) is 3.79. The zero-order valence-corrected chi connectivity index (χ0v) is 6.14. The number of hydrogen-bond acceptors (Lipinski definition) is 9. The van der Waals surface area contributed by atoms with Crippen molar-refractivity contribution in [3.8, 4) is 0 Å². The maximum Gasteiger partial charge on any atom is 0.336 e. The van der Waals surface area contributed by atoms with Crippen molar-refractivity contribution >= 4 is 0 Å². The highest BCUT2D eigenvalue weighted by atomic mass is 16.9. The standard InChI is InChI=1S/C4H10O9/c5-1(6)3(9,10)13-4(11,12)2(7)8/h1-2,5-12H. The molecule has 0 aromatic rings. The van der Waals surface area contributed by atoms with E-state index in [4.69, 9.17) is 40.9 Å². The molecule has 0 fully saturated rings. The maximum absolute atomic E-state index is 8.47. The molecule has 0 aromatic heterocycles. The maximum atomic E-state index is 8.47. The summed E-state index contributed by atoms with van der Waals surface area (Å²) in [7, 11) is 0. The Balaban J connectivity index is 4.42. The SMILES string of the molecule is OC(O)C(O)(O)OC(O)(O)C(O)O. The third-order valence-electron chi connectivity index (χ3n) is 0.973. The van der Waals surface area contributed by atoms with E-state index < -0.39 is 24.5 Å². The van der Waals surface area contributed by atoms with Gasteiger partial charge in [-0.2, -0.15) is 0 Å². The number of ether oxygens (including phenoxy) is 1. The predicted molar refractivity (Wildman–Crippen MR) is 31.9 cm³/mol. The van der Waals surface area contributed by atoms with Gasteiger partial charge in [-0.05, 0) is 0 Å². The molecule has 0 aliphatic rings. The highest BCUT2D eigenvalue weighted by Gasteiger charge is 2.46. The minimum atomic E-state index is -3.74. The molecule has 0 atom stereocenters. The molecule has 0 radical (unpaired) electrons. The molecule has 0 rings (SSSR count). The number of aliphatic hydroxyl groups is 8. The summed E-state index contributed by atoms with van der Waals surface area (Å²) >= 11 is 0. The van der Waals surface area contributed by atoms with Gasteiger partial charge in [0.05, 0.1) is 0 Å². The van der Waals surface area contributed by atoms with E-state index >= 15 is 0 Å². The molecule has 9 heteroatoms. The van der Waals surface area contributed by atoms with Crippen LogP contribution in [0.25, 0.3) is 0 Å². The van der Waals surface area contributed by atoms with E-state index in [9.17, 15) is 0 Å². The van der Waals surface area contributed by atoms with Gasteiger partial charge in [0.25, 0.3) is 0 Å². The van der Waals surface area contributed by atoms with E-state index in [0.29, 0.717) is 0 Å². The van der Waals surface area contributed by atoms with Gasteiger partial charge in [0.1, 0.15) is 0 Å². The van der Waals surface area contributed by atoms with Gasteiger partial charge in [-0.1, -0.05) is 0 Å². The van der Waals surface area contributed by atoms with Crippen LogP contribution in [0.2, 0.25) is 0 Å². The average Bonchev–Trinajstić information content (AvgIpc) is 1.83. The van der Waals surface area contributed by atoms with Crippen LogP contribution in [-0.2, 0) is 4.74 Å². The van der Waals surface area contributed by atoms with E-state index in [1.54, 1.807) is 0 Å². The topological polar surface area (TPSA) is 171 Å². The first-order chi connectivity index (χ1) is 5.59. The summed E-state index contributed by atoms with van der Waals surface area (Å²) in [5, 5.41) is 66.6. The molecule has 0 aliphatic heterocycles. The van der Waals surface area contributed by atoms with Crippen molar-refractivity contribution in [3.63, 3.8) is 0 Å². The Morgan fingerprint density at radius 2 is 0.923 bits per heavy atom. The van der Waals surface area contributed by atoms with Gasteiger partial charge in [-0.15, -0.1) is 0 Å². The largest absolute Gasteiger partial charge is 0.362 e. The van der Waals surface area contributed by atoms with Crippen LogP contribution in [0.15, 0.2) is 0 Å². The van der Waals surface area contributed by atoms with E-state index in [0.717, 1.165) is 0 Å². The fraction of sp³-hybridized carbons (Fsp3) is 1.00. The highest BCUT2D eigenvalue weighted by molar-refractivity contribution is 4.59. The van der Waals surface area contributed by atoms with Crippen molar-refractivity contribution in [2.75, 3.05) is 0 Å². The monoisotopic (exact) mass is 202 g/mol. The Bertz CT molecular complexity index is 143. The molecule has 0 aliphatic carbocycles. The minimum absolute atomic E-state index is 2.88. The number of aliphatic hydroxyl groups excluding tert-OH is 2. The van der Waals surface area contributed by atoms with Crippen LogP contribution >= 0.6 is 0 Å². The van der Waals surface area contributed by atoms with Gasteiger partial charge in [0.2, 0.25) is 12.6 Å². The van der Waals surface area contributed by atoms with Crippen LogP contribution in [-0.4, -0.2) is 65.4 Å². The first kappa shape index (κ1) is 12.6. The predicted octanol–water partition coefficient (Wildman–Crippen LogP) is -5.10. The quantitative estimate of drug-likeness (QED) is 0.207. The fourth-order valence-electron chi connectivity index (χ4n) is 0.326. The summed E-state index contributed by atoms with van der Waals surface area (Å²) in [5.74, 6) is -7.49. The second-order valence-corrected chi connectivity index (χ2v) is 2.17. The zero-order valence-electron chi connectivity index (χ0n) is 6.14. The molecule has 80 valence electrons. The summed E-state index contributed by atoms with van der Waals surface area (Å²) in [6.07, 6.45) is -5.77. The molecule has 0 heterocycles. The fourth-order valence-corrected chi connectivity index (χ4v) is 0.326. The Morgan fingerprint density at radius 3 is 1.08 bits per heavy atom. The van der Waals surface area contributed by atoms with Crippen molar-refractivity contribution in [1.29, 1.82) is 0 Å². The molecule has 8 N–H and O–H groups in total. The lowest BCUT2D eigenvalue weighted by Crippen LogP contribution is -2.56. The Morgan fingerprint density at radius 1 is 0.692 bits per heavy atom. The molecule has 0 bridgehead atoms. The van der Waals surface area contributed by atoms with E-state index in [1.807, 2.05) is 0 Å². The number of rotatable bonds is 4. The third kappa shape index (κ3) is 3.48. The Hall–Kier alpha value is -0.360. The van der Waals surface area contributed by atoms with E-state index in [2.05, 4.69) is 4.74 Å². The molecule has 13 heavy (non-hydrogen) atoms. The van der Waals surface area contributed by atoms with E-state index in [-0.39, 0.29) is 0 Å². The Kier molecular flexibility index (Phi) is 3.69. The Labute approximate surface area is 71.3 Å². The lowest BCUT2D eigenvalue weighted by Gasteiger charge is -2.31. The lowest BCUT2D eigenvalue weighted by atomic mass is 10.5. The van der Waals surface area contributed by atoms with Gasteiger partial charge in [0, 0.05) is 0 Å². The van der Waals surface area contributed by atoms with Crippen LogP contribution in [0.4, 0.5) is 0 Å². The van der Waals surface area contributed by atoms with Gasteiger partial charge in [-0.3, -0.25) is 4.74 Å². The second-order valence-electron chi connectivity index (χ2n) is 2.17. The molecule has 9 nitrogen and oxygen atoms in total. The van der Waals surface area contributed by atoms with Gasteiger partial charge < -0.3 is 40.9 Å². The molecule has 0 amide bonds. The minimum Gasteiger partial charge on any atom is -0.362 e. The summed E-state index contributed by atoms with van der Waals surface area (Å²) in [6.45, 7) is 0. The molecule has 0 aromatic carbocycles.